The first-order valence-corrected chi connectivity index (χ1v) is 10.1. The lowest BCUT2D eigenvalue weighted by Gasteiger charge is -2.17. The fraction of sp³-hybridized carbons (Fsp3) is 0.192. The SMILES string of the molecule is CC([NH2+]CCC(=O)c1ccc(/C=C/c2ccccc2)cc1)C(O)c1ccccc1.[Cl-]. The van der Waals surface area contributed by atoms with Gasteiger partial charge in [0, 0.05) is 5.56 Å². The molecule has 3 N–H and O–H groups in total. The van der Waals surface area contributed by atoms with Gasteiger partial charge in [-0.15, -0.1) is 0 Å². The first-order chi connectivity index (χ1) is 14.1. The van der Waals surface area contributed by atoms with E-state index in [4.69, 9.17) is 0 Å². The van der Waals surface area contributed by atoms with E-state index < -0.39 is 6.10 Å². The number of benzene rings is 3. The molecule has 2 atom stereocenters. The number of ketones is 1. The van der Waals surface area contributed by atoms with E-state index >= 15 is 0 Å². The third kappa shape index (κ3) is 6.96. The van der Waals surface area contributed by atoms with Crippen molar-refractivity contribution in [3.63, 3.8) is 0 Å². The first kappa shape index (κ1) is 23.6. The largest absolute Gasteiger partial charge is 1.00 e. The van der Waals surface area contributed by atoms with E-state index in [1.54, 1.807) is 0 Å². The molecule has 0 aromatic heterocycles. The van der Waals surface area contributed by atoms with Crippen molar-refractivity contribution in [3.05, 3.63) is 107 Å². The Morgan fingerprint density at radius 3 is 2.00 bits per heavy atom. The number of hydrogen-bond donors (Lipinski definition) is 2. The van der Waals surface area contributed by atoms with Crippen LogP contribution in [0.4, 0.5) is 0 Å². The van der Waals surface area contributed by atoms with Gasteiger partial charge in [0.1, 0.15) is 12.1 Å². The van der Waals surface area contributed by atoms with Crippen LogP contribution in [0, 0.1) is 0 Å². The highest BCUT2D eigenvalue weighted by molar-refractivity contribution is 5.96. The molecular formula is C26H28ClNO2. The number of aliphatic hydroxyl groups excluding tert-OH is 1. The topological polar surface area (TPSA) is 53.9 Å². The molecule has 0 fully saturated rings. The number of carbonyl (C=O) groups excluding carboxylic acids is 1. The molecule has 0 spiro atoms. The molecule has 0 heterocycles. The molecule has 0 amide bonds. The van der Waals surface area contributed by atoms with E-state index in [1.165, 1.54) is 0 Å². The summed E-state index contributed by atoms with van der Waals surface area (Å²) in [6.45, 7) is 2.63. The highest BCUT2D eigenvalue weighted by atomic mass is 35.5. The molecule has 0 saturated carbocycles. The molecule has 3 aromatic rings. The molecule has 2 unspecified atom stereocenters. The number of quaternary nitrogens is 1. The summed E-state index contributed by atoms with van der Waals surface area (Å²) in [7, 11) is 0. The zero-order valence-corrected chi connectivity index (χ0v) is 17.9. The molecule has 4 heteroatoms. The number of Topliss-reactive ketones (excluding diaryl/α,β-unsaturated/α-hetero) is 1. The first-order valence-electron chi connectivity index (χ1n) is 10.1. The summed E-state index contributed by atoms with van der Waals surface area (Å²) in [6.07, 6.45) is 4.02. The zero-order valence-electron chi connectivity index (χ0n) is 17.1. The third-order valence-electron chi connectivity index (χ3n) is 5.05. The molecule has 3 nitrogen and oxygen atoms in total. The van der Waals surface area contributed by atoms with Crippen LogP contribution in [0.2, 0.25) is 0 Å². The van der Waals surface area contributed by atoms with Gasteiger partial charge in [0.05, 0.1) is 13.0 Å². The average Bonchev–Trinajstić information content (AvgIpc) is 2.78. The van der Waals surface area contributed by atoms with Crippen molar-refractivity contribution in [3.8, 4) is 0 Å². The molecule has 0 saturated heterocycles. The van der Waals surface area contributed by atoms with Crippen LogP contribution in [0.3, 0.4) is 0 Å². The summed E-state index contributed by atoms with van der Waals surface area (Å²) in [5, 5.41) is 12.4. The quantitative estimate of drug-likeness (QED) is 0.402. The minimum Gasteiger partial charge on any atom is -1.00 e. The Hall–Kier alpha value is -2.72. The van der Waals surface area contributed by atoms with Crippen molar-refractivity contribution in [1.82, 2.24) is 0 Å². The second kappa shape index (κ2) is 12.1. The van der Waals surface area contributed by atoms with Gasteiger partial charge in [0.25, 0.3) is 0 Å². The maximum Gasteiger partial charge on any atom is 0.168 e. The van der Waals surface area contributed by atoms with Crippen molar-refractivity contribution in [1.29, 1.82) is 0 Å². The lowest BCUT2D eigenvalue weighted by atomic mass is 10.0. The van der Waals surface area contributed by atoms with Gasteiger partial charge in [-0.25, -0.2) is 0 Å². The Kier molecular flexibility index (Phi) is 9.49. The highest BCUT2D eigenvalue weighted by Gasteiger charge is 2.19. The molecule has 3 rings (SSSR count). The fourth-order valence-corrected chi connectivity index (χ4v) is 3.24. The summed E-state index contributed by atoms with van der Waals surface area (Å²) in [6, 6.07) is 27.5. The summed E-state index contributed by atoms with van der Waals surface area (Å²) >= 11 is 0. The van der Waals surface area contributed by atoms with Crippen LogP contribution < -0.4 is 17.7 Å². The van der Waals surface area contributed by atoms with E-state index in [0.717, 1.165) is 22.3 Å². The normalized spacial score (nSPS) is 12.9. The highest BCUT2D eigenvalue weighted by Crippen LogP contribution is 2.14. The van der Waals surface area contributed by atoms with Crippen molar-refractivity contribution in [2.24, 2.45) is 0 Å². The summed E-state index contributed by atoms with van der Waals surface area (Å²) in [5.74, 6) is 0.126. The molecule has 0 radical (unpaired) electrons. The monoisotopic (exact) mass is 421 g/mol. The van der Waals surface area contributed by atoms with Gasteiger partial charge < -0.3 is 22.8 Å². The average molecular weight is 422 g/mol. The van der Waals surface area contributed by atoms with E-state index in [-0.39, 0.29) is 24.2 Å². The van der Waals surface area contributed by atoms with Gasteiger partial charge in [0.2, 0.25) is 0 Å². The van der Waals surface area contributed by atoms with Crippen molar-refractivity contribution in [2.45, 2.75) is 25.5 Å². The molecule has 0 aliphatic carbocycles. The molecule has 156 valence electrons. The van der Waals surface area contributed by atoms with Gasteiger partial charge in [-0.3, -0.25) is 4.79 Å². The summed E-state index contributed by atoms with van der Waals surface area (Å²) in [4.78, 5) is 12.5. The van der Waals surface area contributed by atoms with E-state index in [9.17, 15) is 9.90 Å². The van der Waals surface area contributed by atoms with Gasteiger partial charge in [-0.1, -0.05) is 97.1 Å². The molecule has 30 heavy (non-hydrogen) atoms. The standard InChI is InChI=1S/C26H27NO2.ClH/c1-20(26(29)24-10-6-3-7-11-24)27-19-18-25(28)23-16-14-22(15-17-23)13-12-21-8-4-2-5-9-21;/h2-17,20,26-27,29H,18-19H2,1H3;1H/b13-12+;. The lowest BCUT2D eigenvalue weighted by Crippen LogP contribution is -3.00. The fourth-order valence-electron chi connectivity index (χ4n) is 3.24. The van der Waals surface area contributed by atoms with Crippen molar-refractivity contribution < 1.29 is 27.6 Å². The number of aliphatic hydroxyl groups is 1. The minimum absolute atomic E-state index is 0. The second-order valence-corrected chi connectivity index (χ2v) is 7.28. The zero-order chi connectivity index (χ0) is 20.5. The lowest BCUT2D eigenvalue weighted by molar-refractivity contribution is -0.693. The third-order valence-corrected chi connectivity index (χ3v) is 5.05. The van der Waals surface area contributed by atoms with E-state index in [2.05, 4.69) is 18.2 Å². The van der Waals surface area contributed by atoms with Crippen LogP contribution >= 0.6 is 0 Å². The Morgan fingerprint density at radius 1 is 0.867 bits per heavy atom. The number of carbonyl (C=O) groups is 1. The van der Waals surface area contributed by atoms with Gasteiger partial charge in [0.15, 0.2) is 5.78 Å². The second-order valence-electron chi connectivity index (χ2n) is 7.28. The Labute approximate surface area is 184 Å². The van der Waals surface area contributed by atoms with Crippen LogP contribution in [-0.4, -0.2) is 23.5 Å². The van der Waals surface area contributed by atoms with E-state index in [0.29, 0.717) is 13.0 Å². The predicted octanol–water partition coefficient (Wildman–Crippen LogP) is 1.12. The number of rotatable bonds is 9. The number of halogens is 1. The Morgan fingerprint density at radius 2 is 1.40 bits per heavy atom. The van der Waals surface area contributed by atoms with Gasteiger partial charge in [-0.2, -0.15) is 0 Å². The number of nitrogens with two attached hydrogens (primary N) is 1. The molecular weight excluding hydrogens is 394 g/mol. The molecule has 0 aliphatic heterocycles. The summed E-state index contributed by atoms with van der Waals surface area (Å²) < 4.78 is 0. The van der Waals surface area contributed by atoms with Crippen LogP contribution in [0.25, 0.3) is 12.2 Å². The summed E-state index contributed by atoms with van der Waals surface area (Å²) in [5.41, 5.74) is 3.85. The Bertz CT molecular complexity index is 924. The van der Waals surface area contributed by atoms with Crippen molar-refractivity contribution in [2.75, 3.05) is 6.54 Å². The van der Waals surface area contributed by atoms with Crippen molar-refractivity contribution >= 4 is 17.9 Å². The maximum absolute atomic E-state index is 12.5. The number of hydrogen-bond acceptors (Lipinski definition) is 2. The van der Waals surface area contributed by atoms with Crippen LogP contribution in [-0.2, 0) is 0 Å². The predicted molar refractivity (Wildman–Crippen MR) is 118 cm³/mol. The van der Waals surface area contributed by atoms with Gasteiger partial charge in [-0.05, 0) is 23.6 Å². The van der Waals surface area contributed by atoms with Crippen LogP contribution in [0.1, 0.15) is 46.5 Å². The van der Waals surface area contributed by atoms with Crippen LogP contribution in [0.15, 0.2) is 84.9 Å². The molecule has 3 aromatic carbocycles. The molecule has 0 aliphatic rings. The van der Waals surface area contributed by atoms with Gasteiger partial charge >= 0.3 is 0 Å². The molecule has 0 bridgehead atoms. The maximum atomic E-state index is 12.5. The van der Waals surface area contributed by atoms with Crippen LogP contribution in [0.5, 0.6) is 0 Å². The van der Waals surface area contributed by atoms with E-state index in [1.807, 2.05) is 91.1 Å². The Balaban J connectivity index is 0.00000320. The smallest absolute Gasteiger partial charge is 0.168 e. The minimum atomic E-state index is -0.540.